The average Bonchev–Trinajstić information content (AvgIpc) is 2.70. The van der Waals surface area contributed by atoms with E-state index in [1.807, 2.05) is 48.5 Å². The van der Waals surface area contributed by atoms with Crippen LogP contribution in [0, 0.1) is 0 Å². The van der Waals surface area contributed by atoms with Crippen molar-refractivity contribution < 1.29 is 10.2 Å². The van der Waals surface area contributed by atoms with Crippen LogP contribution < -0.4 is 0 Å². The Morgan fingerprint density at radius 1 is 0.444 bits per heavy atom. The first-order chi connectivity index (χ1) is 13.2. The molecule has 0 saturated heterocycles. The molecule has 0 heterocycles. The highest BCUT2D eigenvalue weighted by Crippen LogP contribution is 2.40. The van der Waals surface area contributed by atoms with E-state index in [-0.39, 0.29) is 11.5 Å². The maximum atomic E-state index is 9.57. The predicted molar refractivity (Wildman–Crippen MR) is 111 cm³/mol. The predicted octanol–water partition coefficient (Wildman–Crippen LogP) is 6.58. The van der Waals surface area contributed by atoms with Crippen LogP contribution in [0.4, 0.5) is 0 Å². The van der Waals surface area contributed by atoms with Crippen LogP contribution in [-0.4, -0.2) is 10.2 Å². The van der Waals surface area contributed by atoms with Gasteiger partial charge in [0.05, 0.1) is 0 Å². The second kappa shape index (κ2) is 7.60. The Balaban J connectivity index is 1.74. The highest BCUT2D eigenvalue weighted by molar-refractivity contribution is 7.99. The Bertz CT molecular complexity index is 967. The van der Waals surface area contributed by atoms with Crippen LogP contribution in [0.1, 0.15) is 0 Å². The zero-order valence-corrected chi connectivity index (χ0v) is 15.4. The molecule has 0 aliphatic carbocycles. The van der Waals surface area contributed by atoms with Crippen LogP contribution in [0.25, 0.3) is 22.3 Å². The molecular formula is C24H18O2S. The fourth-order valence-corrected chi connectivity index (χ4v) is 4.11. The van der Waals surface area contributed by atoms with Crippen molar-refractivity contribution in [3.8, 4) is 33.8 Å². The first-order valence-corrected chi connectivity index (χ1v) is 9.47. The van der Waals surface area contributed by atoms with Gasteiger partial charge < -0.3 is 10.2 Å². The van der Waals surface area contributed by atoms with E-state index in [9.17, 15) is 10.2 Å². The lowest BCUT2D eigenvalue weighted by Gasteiger charge is -2.13. The lowest BCUT2D eigenvalue weighted by atomic mass is 10.1. The number of benzene rings is 4. The van der Waals surface area contributed by atoms with E-state index < -0.39 is 0 Å². The summed E-state index contributed by atoms with van der Waals surface area (Å²) in [6.07, 6.45) is 0. The standard InChI is InChI=1S/C24H18O2S/c25-19-13-9-17(10-14-19)21-5-1-3-7-23(21)27-24-8-4-2-6-22(24)18-11-15-20(26)16-12-18/h1-16,25-26H. The van der Waals surface area contributed by atoms with Crippen molar-refractivity contribution in [2.45, 2.75) is 9.79 Å². The van der Waals surface area contributed by atoms with Crippen molar-refractivity contribution >= 4 is 11.8 Å². The summed E-state index contributed by atoms with van der Waals surface area (Å²) in [6, 6.07) is 31.1. The largest absolute Gasteiger partial charge is 0.508 e. The Labute approximate surface area is 162 Å². The molecular weight excluding hydrogens is 352 g/mol. The molecule has 0 amide bonds. The highest BCUT2D eigenvalue weighted by Gasteiger charge is 2.10. The summed E-state index contributed by atoms with van der Waals surface area (Å²) in [5, 5.41) is 19.1. The zero-order valence-electron chi connectivity index (χ0n) is 14.5. The molecule has 27 heavy (non-hydrogen) atoms. The molecule has 0 aliphatic heterocycles. The molecule has 3 heteroatoms. The highest BCUT2D eigenvalue weighted by atomic mass is 32.2. The molecule has 0 aromatic heterocycles. The molecule has 4 aromatic rings. The monoisotopic (exact) mass is 370 g/mol. The summed E-state index contributed by atoms with van der Waals surface area (Å²) >= 11 is 1.71. The van der Waals surface area contributed by atoms with Crippen molar-refractivity contribution in [2.75, 3.05) is 0 Å². The lowest BCUT2D eigenvalue weighted by Crippen LogP contribution is -1.85. The van der Waals surface area contributed by atoms with Crippen molar-refractivity contribution in [2.24, 2.45) is 0 Å². The summed E-state index contributed by atoms with van der Waals surface area (Å²) in [4.78, 5) is 2.30. The molecule has 2 N–H and O–H groups in total. The maximum Gasteiger partial charge on any atom is 0.115 e. The second-order valence-electron chi connectivity index (χ2n) is 6.19. The maximum absolute atomic E-state index is 9.57. The van der Waals surface area contributed by atoms with E-state index in [0.717, 1.165) is 32.0 Å². The third-order valence-corrected chi connectivity index (χ3v) is 5.50. The summed E-state index contributed by atoms with van der Waals surface area (Å²) in [6.45, 7) is 0. The van der Waals surface area contributed by atoms with E-state index in [1.165, 1.54) is 0 Å². The van der Waals surface area contributed by atoms with Gasteiger partial charge in [-0.25, -0.2) is 0 Å². The molecule has 0 aliphatic rings. The molecule has 4 aromatic carbocycles. The second-order valence-corrected chi connectivity index (χ2v) is 7.27. The van der Waals surface area contributed by atoms with Gasteiger partial charge in [-0.3, -0.25) is 0 Å². The lowest BCUT2D eigenvalue weighted by molar-refractivity contribution is 0.475. The van der Waals surface area contributed by atoms with Gasteiger partial charge in [0.1, 0.15) is 11.5 Å². The van der Waals surface area contributed by atoms with Gasteiger partial charge in [-0.15, -0.1) is 0 Å². The Kier molecular flexibility index (Phi) is 4.86. The molecule has 0 spiro atoms. The Morgan fingerprint density at radius 2 is 0.815 bits per heavy atom. The van der Waals surface area contributed by atoms with Crippen molar-refractivity contribution in [3.63, 3.8) is 0 Å². The molecule has 2 nitrogen and oxygen atoms in total. The molecule has 0 unspecified atom stereocenters. The van der Waals surface area contributed by atoms with E-state index in [2.05, 4.69) is 24.3 Å². The average molecular weight is 370 g/mol. The van der Waals surface area contributed by atoms with Crippen LogP contribution in [0.2, 0.25) is 0 Å². The van der Waals surface area contributed by atoms with Gasteiger partial charge in [0.15, 0.2) is 0 Å². The van der Waals surface area contributed by atoms with Crippen molar-refractivity contribution in [1.29, 1.82) is 0 Å². The van der Waals surface area contributed by atoms with Crippen LogP contribution in [-0.2, 0) is 0 Å². The molecule has 0 fully saturated rings. The SMILES string of the molecule is Oc1ccc(-c2ccccc2Sc2ccccc2-c2ccc(O)cc2)cc1. The van der Waals surface area contributed by atoms with E-state index in [1.54, 1.807) is 36.0 Å². The third-order valence-electron chi connectivity index (χ3n) is 4.35. The zero-order chi connectivity index (χ0) is 18.6. The first-order valence-electron chi connectivity index (χ1n) is 8.65. The van der Waals surface area contributed by atoms with Crippen LogP contribution in [0.5, 0.6) is 11.5 Å². The molecule has 4 rings (SSSR count). The molecule has 132 valence electrons. The van der Waals surface area contributed by atoms with E-state index >= 15 is 0 Å². The fraction of sp³-hybridized carbons (Fsp3) is 0. The summed E-state index contributed by atoms with van der Waals surface area (Å²) in [5.74, 6) is 0.531. The van der Waals surface area contributed by atoms with Crippen molar-refractivity contribution in [3.05, 3.63) is 97.1 Å². The number of hydrogen-bond acceptors (Lipinski definition) is 3. The minimum atomic E-state index is 0.265. The first kappa shape index (κ1) is 17.3. The minimum absolute atomic E-state index is 0.265. The number of aromatic hydroxyl groups is 2. The van der Waals surface area contributed by atoms with Gasteiger partial charge in [-0.2, -0.15) is 0 Å². The minimum Gasteiger partial charge on any atom is -0.508 e. The quantitative estimate of drug-likeness (QED) is 0.426. The number of phenolic OH excluding ortho intramolecular Hbond substituents is 2. The summed E-state index contributed by atoms with van der Waals surface area (Å²) in [7, 11) is 0. The van der Waals surface area contributed by atoms with Crippen LogP contribution in [0.3, 0.4) is 0 Å². The van der Waals surface area contributed by atoms with Crippen LogP contribution >= 0.6 is 11.8 Å². The molecule has 0 atom stereocenters. The van der Waals surface area contributed by atoms with Gasteiger partial charge >= 0.3 is 0 Å². The van der Waals surface area contributed by atoms with Gasteiger partial charge in [0.25, 0.3) is 0 Å². The number of rotatable bonds is 4. The van der Waals surface area contributed by atoms with Gasteiger partial charge in [-0.1, -0.05) is 72.4 Å². The number of hydrogen-bond donors (Lipinski definition) is 2. The van der Waals surface area contributed by atoms with Gasteiger partial charge in [0, 0.05) is 9.79 Å². The van der Waals surface area contributed by atoms with E-state index in [0.29, 0.717) is 0 Å². The van der Waals surface area contributed by atoms with Gasteiger partial charge in [0.2, 0.25) is 0 Å². The Morgan fingerprint density at radius 3 is 1.22 bits per heavy atom. The van der Waals surface area contributed by atoms with Gasteiger partial charge in [-0.05, 0) is 58.7 Å². The molecule has 0 bridgehead atoms. The molecule has 0 radical (unpaired) electrons. The summed E-state index contributed by atoms with van der Waals surface area (Å²) in [5.41, 5.74) is 4.39. The third kappa shape index (κ3) is 3.83. The fourth-order valence-electron chi connectivity index (χ4n) is 2.99. The normalized spacial score (nSPS) is 10.7. The topological polar surface area (TPSA) is 40.5 Å². The Hall–Kier alpha value is -3.17. The number of phenols is 2. The smallest absolute Gasteiger partial charge is 0.115 e. The summed E-state index contributed by atoms with van der Waals surface area (Å²) < 4.78 is 0. The van der Waals surface area contributed by atoms with Crippen molar-refractivity contribution in [1.82, 2.24) is 0 Å². The van der Waals surface area contributed by atoms with E-state index in [4.69, 9.17) is 0 Å². The van der Waals surface area contributed by atoms with Crippen LogP contribution in [0.15, 0.2) is 107 Å². The molecule has 0 saturated carbocycles.